The highest BCUT2D eigenvalue weighted by Crippen LogP contribution is 2.25. The number of para-hydroxylation sites is 2. The Hall–Kier alpha value is -3.15. The Labute approximate surface area is 137 Å². The third kappa shape index (κ3) is 1.93. The molecule has 24 heavy (non-hydrogen) atoms. The van der Waals surface area contributed by atoms with Crippen molar-refractivity contribution in [3.05, 3.63) is 81.1 Å². The van der Waals surface area contributed by atoms with Crippen molar-refractivity contribution in [3.8, 4) is 11.4 Å². The van der Waals surface area contributed by atoms with Crippen LogP contribution in [0.4, 0.5) is 0 Å². The molecule has 0 N–H and O–H groups in total. The molecule has 1 unspecified atom stereocenters. The molecule has 1 aromatic heterocycles. The summed E-state index contributed by atoms with van der Waals surface area (Å²) in [7, 11) is 0. The van der Waals surface area contributed by atoms with Gasteiger partial charge in [0.2, 0.25) is 0 Å². The smallest absolute Gasteiger partial charge is 0.298 e. The fourth-order valence-corrected chi connectivity index (χ4v) is 3.25. The Balaban J connectivity index is 2.11. The second-order valence-corrected chi connectivity index (χ2v) is 5.85. The van der Waals surface area contributed by atoms with Crippen molar-refractivity contribution in [2.24, 2.45) is 0 Å². The lowest BCUT2D eigenvalue weighted by molar-refractivity contribution is -0.120. The van der Waals surface area contributed by atoms with Crippen LogP contribution in [0.25, 0.3) is 11.4 Å². The molecule has 4 rings (SSSR count). The monoisotopic (exact) mass is 321 g/mol. The van der Waals surface area contributed by atoms with Gasteiger partial charge in [-0.2, -0.15) is 4.68 Å². The number of rotatable bonds is 2. The summed E-state index contributed by atoms with van der Waals surface area (Å²) in [5.74, 6) is -0.148. The number of aromatic nitrogens is 3. The third-order valence-electron chi connectivity index (χ3n) is 4.39. The maximum absolute atomic E-state index is 13.0. The summed E-state index contributed by atoms with van der Waals surface area (Å²) in [5, 5.41) is 0. The minimum atomic E-state index is -0.676. The van der Waals surface area contributed by atoms with Crippen LogP contribution in [0.2, 0.25) is 0 Å². The van der Waals surface area contributed by atoms with E-state index in [0.29, 0.717) is 17.8 Å². The molecular weight excluding hydrogens is 306 g/mol. The number of nitrogens with zero attached hydrogens (tertiary/aromatic N) is 3. The Morgan fingerprint density at radius 1 is 0.958 bits per heavy atom. The Morgan fingerprint density at radius 2 is 1.62 bits per heavy atom. The largest absolute Gasteiger partial charge is 0.356 e. The van der Waals surface area contributed by atoms with Gasteiger partial charge in [-0.15, -0.1) is 0 Å². The molecule has 0 amide bonds. The van der Waals surface area contributed by atoms with Gasteiger partial charge in [0.1, 0.15) is 6.04 Å². The van der Waals surface area contributed by atoms with Crippen LogP contribution < -0.4 is 11.4 Å². The molecule has 1 atom stereocenters. The lowest BCUT2D eigenvalue weighted by atomic mass is 10.00. The summed E-state index contributed by atoms with van der Waals surface area (Å²) < 4.78 is 3.71. The lowest BCUT2D eigenvalue weighted by Crippen LogP contribution is -2.38. The third-order valence-corrected chi connectivity index (χ3v) is 4.39. The molecule has 2 aromatic carbocycles. The maximum Gasteiger partial charge on any atom is 0.356 e. The minimum Gasteiger partial charge on any atom is -0.298 e. The normalized spacial score (nSPS) is 15.6. The zero-order valence-electron chi connectivity index (χ0n) is 13.0. The molecular formula is C18H15N3O3. The fraction of sp³-hybridized carbons (Fsp3) is 0.167. The summed E-state index contributed by atoms with van der Waals surface area (Å²) in [6.45, 7) is 1.44. The number of carbonyl (C=O) groups excluding carboxylic acids is 1. The number of hydrogen-bond acceptors (Lipinski definition) is 3. The van der Waals surface area contributed by atoms with E-state index in [1.807, 2.05) is 24.3 Å². The van der Waals surface area contributed by atoms with E-state index in [0.717, 1.165) is 10.1 Å². The number of hydrogen-bond donors (Lipinski definition) is 0. The SMILES string of the molecule is CC(=O)C1Cc2ccccc2-n2c(=O)n(-c3ccccc3)c(=O)n21. The number of ketones is 1. The first kappa shape index (κ1) is 14.4. The van der Waals surface area contributed by atoms with Gasteiger partial charge in [0.15, 0.2) is 5.78 Å². The van der Waals surface area contributed by atoms with Crippen molar-refractivity contribution in [1.29, 1.82) is 0 Å². The lowest BCUT2D eigenvalue weighted by Gasteiger charge is -2.25. The second-order valence-electron chi connectivity index (χ2n) is 5.85. The van der Waals surface area contributed by atoms with Crippen molar-refractivity contribution in [2.45, 2.75) is 19.4 Å². The summed E-state index contributed by atoms with van der Waals surface area (Å²) in [5.41, 5.74) is 1.05. The van der Waals surface area contributed by atoms with Crippen LogP contribution in [-0.4, -0.2) is 19.7 Å². The van der Waals surface area contributed by atoms with Gasteiger partial charge in [-0.1, -0.05) is 36.4 Å². The van der Waals surface area contributed by atoms with E-state index < -0.39 is 17.4 Å². The predicted molar refractivity (Wildman–Crippen MR) is 89.0 cm³/mol. The summed E-state index contributed by atoms with van der Waals surface area (Å²) >= 11 is 0. The van der Waals surface area contributed by atoms with Crippen molar-refractivity contribution in [1.82, 2.24) is 13.9 Å². The molecule has 6 nitrogen and oxygen atoms in total. The van der Waals surface area contributed by atoms with Crippen LogP contribution in [0.15, 0.2) is 64.2 Å². The van der Waals surface area contributed by atoms with Gasteiger partial charge in [0.25, 0.3) is 0 Å². The molecule has 0 fully saturated rings. The summed E-state index contributed by atoms with van der Waals surface area (Å²) in [4.78, 5) is 38.0. The maximum atomic E-state index is 13.0. The van der Waals surface area contributed by atoms with Crippen LogP contribution in [-0.2, 0) is 11.2 Å². The van der Waals surface area contributed by atoms with Crippen LogP contribution in [0.3, 0.4) is 0 Å². The van der Waals surface area contributed by atoms with E-state index in [9.17, 15) is 14.4 Å². The zero-order valence-corrected chi connectivity index (χ0v) is 13.0. The number of fused-ring (bicyclic) bond motifs is 3. The Kier molecular flexibility index (Phi) is 3.13. The molecule has 6 heteroatoms. The van der Waals surface area contributed by atoms with Gasteiger partial charge < -0.3 is 0 Å². The molecule has 3 aromatic rings. The highest BCUT2D eigenvalue weighted by Gasteiger charge is 2.32. The first-order chi connectivity index (χ1) is 11.6. The minimum absolute atomic E-state index is 0.148. The van der Waals surface area contributed by atoms with Gasteiger partial charge in [-0.05, 0) is 30.7 Å². The number of Topliss-reactive ketones (excluding diaryl/α,β-unsaturated/α-hetero) is 1. The molecule has 0 radical (unpaired) electrons. The van der Waals surface area contributed by atoms with E-state index in [-0.39, 0.29) is 5.78 Å². The second kappa shape index (κ2) is 5.19. The molecule has 1 aliphatic rings. The number of benzene rings is 2. The molecule has 0 aliphatic carbocycles. The fourth-order valence-electron chi connectivity index (χ4n) is 3.25. The molecule has 2 heterocycles. The van der Waals surface area contributed by atoms with Crippen molar-refractivity contribution < 1.29 is 4.79 Å². The average Bonchev–Trinajstić information content (AvgIpc) is 2.86. The van der Waals surface area contributed by atoms with E-state index in [2.05, 4.69) is 0 Å². The predicted octanol–water partition coefficient (Wildman–Crippen LogP) is 1.48. The van der Waals surface area contributed by atoms with E-state index in [4.69, 9.17) is 0 Å². The van der Waals surface area contributed by atoms with Gasteiger partial charge >= 0.3 is 11.4 Å². The molecule has 0 spiro atoms. The topological polar surface area (TPSA) is 66.0 Å². The van der Waals surface area contributed by atoms with Gasteiger partial charge in [-0.25, -0.2) is 18.8 Å². The van der Waals surface area contributed by atoms with Crippen LogP contribution in [0.1, 0.15) is 18.5 Å². The van der Waals surface area contributed by atoms with Crippen molar-refractivity contribution in [2.75, 3.05) is 0 Å². The number of carbonyl (C=O) groups is 1. The van der Waals surface area contributed by atoms with Crippen LogP contribution >= 0.6 is 0 Å². The Morgan fingerprint density at radius 3 is 2.33 bits per heavy atom. The van der Waals surface area contributed by atoms with E-state index in [1.54, 1.807) is 30.3 Å². The molecule has 120 valence electrons. The first-order valence-corrected chi connectivity index (χ1v) is 7.70. The first-order valence-electron chi connectivity index (χ1n) is 7.70. The highest BCUT2D eigenvalue weighted by molar-refractivity contribution is 5.80. The Bertz CT molecular complexity index is 1060. The average molecular weight is 321 g/mol. The molecule has 1 aliphatic heterocycles. The highest BCUT2D eigenvalue weighted by atomic mass is 16.2. The van der Waals surface area contributed by atoms with E-state index >= 15 is 0 Å². The summed E-state index contributed by atoms with van der Waals surface area (Å²) in [6, 6.07) is 15.4. The molecule has 0 saturated heterocycles. The van der Waals surface area contributed by atoms with E-state index in [1.165, 1.54) is 16.3 Å². The van der Waals surface area contributed by atoms with Gasteiger partial charge in [-0.3, -0.25) is 4.79 Å². The van der Waals surface area contributed by atoms with Crippen LogP contribution in [0.5, 0.6) is 0 Å². The van der Waals surface area contributed by atoms with Crippen molar-refractivity contribution >= 4 is 5.78 Å². The quantitative estimate of drug-likeness (QED) is 0.718. The molecule has 0 saturated carbocycles. The zero-order chi connectivity index (χ0) is 16.8. The van der Waals surface area contributed by atoms with Crippen molar-refractivity contribution in [3.63, 3.8) is 0 Å². The van der Waals surface area contributed by atoms with Crippen LogP contribution in [0, 0.1) is 0 Å². The standard InChI is InChI=1S/C18H15N3O3/c1-12(22)16-11-13-7-5-6-10-15(13)20-17(23)19(18(24)21(16)20)14-8-3-2-4-9-14/h2-10,16H,11H2,1H3. The molecule has 0 bridgehead atoms. The van der Waals surface area contributed by atoms with Gasteiger partial charge in [0.05, 0.1) is 11.4 Å². The van der Waals surface area contributed by atoms with Gasteiger partial charge in [0, 0.05) is 6.42 Å². The summed E-state index contributed by atoms with van der Waals surface area (Å²) in [6.07, 6.45) is 0.406.